The number of nitrogens with two attached hydrogens (primary N) is 1. The van der Waals surface area contributed by atoms with Gasteiger partial charge in [-0.1, -0.05) is 26.8 Å². The van der Waals surface area contributed by atoms with Crippen LogP contribution in [0.1, 0.15) is 78.7 Å². The van der Waals surface area contributed by atoms with E-state index >= 15 is 0 Å². The van der Waals surface area contributed by atoms with Gasteiger partial charge in [-0.2, -0.15) is 10.2 Å². The second-order valence-electron chi connectivity index (χ2n) is 14.1. The highest BCUT2D eigenvalue weighted by Gasteiger charge is 2.38. The first-order valence-corrected chi connectivity index (χ1v) is 18.5. The molecule has 11 nitrogen and oxygen atoms in total. The first-order chi connectivity index (χ1) is 21.1. The van der Waals surface area contributed by atoms with Crippen molar-refractivity contribution in [3.05, 3.63) is 60.2 Å². The van der Waals surface area contributed by atoms with Gasteiger partial charge in [0.15, 0.2) is 14.4 Å². The molecular weight excluding hydrogens is 586 g/mol. The molecule has 1 amide bonds. The van der Waals surface area contributed by atoms with E-state index in [1.807, 2.05) is 64.2 Å². The van der Waals surface area contributed by atoms with E-state index < -0.39 is 20.0 Å². The molecule has 0 aliphatic carbocycles. The molecular formula is C33H49N7O4Si. The van der Waals surface area contributed by atoms with Crippen LogP contribution in [0.4, 0.5) is 4.79 Å². The Hall–Kier alpha value is -3.77. The molecule has 1 saturated heterocycles. The van der Waals surface area contributed by atoms with E-state index in [-0.39, 0.29) is 17.2 Å². The fraction of sp³-hybridized carbons (Fsp3) is 0.545. The van der Waals surface area contributed by atoms with Crippen LogP contribution in [0, 0.1) is 0 Å². The van der Waals surface area contributed by atoms with Crippen LogP contribution in [0.2, 0.25) is 18.1 Å². The minimum atomic E-state index is -2.06. The number of hydrazone groups is 1. The fourth-order valence-corrected chi connectivity index (χ4v) is 5.84. The summed E-state index contributed by atoms with van der Waals surface area (Å²) in [5.41, 5.74) is 3.02. The summed E-state index contributed by atoms with van der Waals surface area (Å²) in [7, 11) is -2.06. The lowest BCUT2D eigenvalue weighted by Crippen LogP contribution is -2.42. The lowest BCUT2D eigenvalue weighted by molar-refractivity contribution is 0.0207. The van der Waals surface area contributed by atoms with Gasteiger partial charge in [0.25, 0.3) is 0 Å². The van der Waals surface area contributed by atoms with Crippen LogP contribution in [0.5, 0.6) is 5.75 Å². The minimum absolute atomic E-state index is 0.0330. The van der Waals surface area contributed by atoms with Gasteiger partial charge < -0.3 is 24.6 Å². The molecule has 1 aliphatic rings. The fourth-order valence-electron chi connectivity index (χ4n) is 4.84. The van der Waals surface area contributed by atoms with Crippen molar-refractivity contribution in [2.45, 2.75) is 97.2 Å². The third-order valence-corrected chi connectivity index (χ3v) is 12.9. The van der Waals surface area contributed by atoms with Gasteiger partial charge in [0, 0.05) is 31.0 Å². The van der Waals surface area contributed by atoms with E-state index in [0.717, 1.165) is 29.6 Å². The number of hydrogen-bond donors (Lipinski definition) is 1. The summed E-state index contributed by atoms with van der Waals surface area (Å²) in [6, 6.07) is 9.66. The number of hydrogen-bond acceptors (Lipinski definition) is 9. The number of pyridine rings is 2. The van der Waals surface area contributed by atoms with Gasteiger partial charge in [0.05, 0.1) is 30.3 Å². The van der Waals surface area contributed by atoms with Crippen LogP contribution in [-0.2, 0) is 9.16 Å². The molecule has 45 heavy (non-hydrogen) atoms. The van der Waals surface area contributed by atoms with Gasteiger partial charge >= 0.3 is 6.09 Å². The average Bonchev–Trinajstić information content (AvgIpc) is 3.44. The predicted octanol–water partition coefficient (Wildman–Crippen LogP) is 6.39. The molecule has 1 unspecified atom stereocenters. The van der Waals surface area contributed by atoms with Crippen LogP contribution in [-0.4, -0.2) is 76.7 Å². The normalized spacial score (nSPS) is 16.6. The van der Waals surface area contributed by atoms with Crippen molar-refractivity contribution >= 4 is 31.4 Å². The summed E-state index contributed by atoms with van der Waals surface area (Å²) < 4.78 is 20.6. The Bertz CT molecular complexity index is 1520. The van der Waals surface area contributed by atoms with Crippen LogP contribution >= 0.6 is 0 Å². The molecule has 1 aliphatic heterocycles. The zero-order valence-electron chi connectivity index (χ0n) is 28.2. The summed E-state index contributed by atoms with van der Waals surface area (Å²) in [5, 5.41) is 8.69. The molecule has 244 valence electrons. The Morgan fingerprint density at radius 2 is 1.82 bits per heavy atom. The Balaban J connectivity index is 1.57. The van der Waals surface area contributed by atoms with Gasteiger partial charge in [-0.05, 0) is 82.9 Å². The van der Waals surface area contributed by atoms with Crippen LogP contribution in [0.25, 0.3) is 5.52 Å². The molecule has 4 heterocycles. The summed E-state index contributed by atoms with van der Waals surface area (Å²) >= 11 is 0. The highest BCUT2D eigenvalue weighted by molar-refractivity contribution is 6.74. The number of ether oxygens (including phenoxy) is 2. The topological polar surface area (TPSA) is 129 Å². The summed E-state index contributed by atoms with van der Waals surface area (Å²) in [4.78, 5) is 23.8. The van der Waals surface area contributed by atoms with E-state index in [1.54, 1.807) is 21.8 Å². The largest absolute Gasteiger partial charge is 0.479 e. The third kappa shape index (κ3) is 8.69. The van der Waals surface area contributed by atoms with Gasteiger partial charge in [-0.3, -0.25) is 9.98 Å². The quantitative estimate of drug-likeness (QED) is 0.125. The van der Waals surface area contributed by atoms with Crippen molar-refractivity contribution in [2.75, 3.05) is 19.7 Å². The Morgan fingerprint density at radius 1 is 1.11 bits per heavy atom. The highest BCUT2D eigenvalue weighted by Crippen LogP contribution is 2.38. The molecule has 12 heteroatoms. The first-order valence-electron chi connectivity index (χ1n) is 15.6. The number of likely N-dealkylation sites (tertiary alicyclic amines) is 1. The van der Waals surface area contributed by atoms with E-state index in [0.29, 0.717) is 36.9 Å². The van der Waals surface area contributed by atoms with E-state index in [4.69, 9.17) is 24.7 Å². The maximum absolute atomic E-state index is 12.5. The molecule has 4 rings (SSSR count). The Labute approximate surface area is 268 Å². The average molecular weight is 636 g/mol. The van der Waals surface area contributed by atoms with Crippen LogP contribution in [0.15, 0.2) is 59.0 Å². The lowest BCUT2D eigenvalue weighted by Gasteiger charge is -2.37. The van der Waals surface area contributed by atoms with Crippen molar-refractivity contribution < 1.29 is 18.7 Å². The highest BCUT2D eigenvalue weighted by atomic mass is 28.4. The summed E-state index contributed by atoms with van der Waals surface area (Å²) in [5.74, 6) is 6.58. The molecule has 1 fully saturated rings. The summed E-state index contributed by atoms with van der Waals surface area (Å²) in [6.45, 7) is 20.2. The maximum Gasteiger partial charge on any atom is 0.410 e. The van der Waals surface area contributed by atoms with E-state index in [9.17, 15) is 4.79 Å². The molecule has 3 aromatic rings. The molecule has 2 N–H and O–H groups in total. The van der Waals surface area contributed by atoms with Crippen molar-refractivity contribution in [3.63, 3.8) is 0 Å². The number of fused-ring (bicyclic) bond motifs is 1. The van der Waals surface area contributed by atoms with Crippen LogP contribution < -0.4 is 10.6 Å². The number of piperidine rings is 1. The zero-order valence-corrected chi connectivity index (χ0v) is 29.2. The molecule has 0 bridgehead atoms. The number of nitrogens with zero attached hydrogens (tertiary/aromatic N) is 6. The van der Waals surface area contributed by atoms with Gasteiger partial charge in [0.1, 0.15) is 22.6 Å². The summed E-state index contributed by atoms with van der Waals surface area (Å²) in [6.07, 6.45) is 6.08. The van der Waals surface area contributed by atoms with Gasteiger partial charge in [0.2, 0.25) is 0 Å². The second-order valence-corrected chi connectivity index (χ2v) is 18.9. The van der Waals surface area contributed by atoms with Crippen molar-refractivity contribution in [1.82, 2.24) is 19.5 Å². The lowest BCUT2D eigenvalue weighted by atomic mass is 10.0. The van der Waals surface area contributed by atoms with Crippen molar-refractivity contribution in [2.24, 2.45) is 15.9 Å². The Morgan fingerprint density at radius 3 is 2.42 bits per heavy atom. The SMILES string of the molecule is CC(=NC1CCN(C(=O)OC(C)(C)C)CC1)/C(=N\N)c1cc(OC(CO[Si](C)(C)C(C)(C)C)c2ccccn2)c2ccnn2c1. The molecule has 1 atom stereocenters. The third-order valence-electron chi connectivity index (χ3n) is 8.40. The number of aliphatic imine (C=N–C) groups is 1. The zero-order chi connectivity index (χ0) is 33.0. The molecule has 3 aromatic heterocycles. The second kappa shape index (κ2) is 13.7. The smallest absolute Gasteiger partial charge is 0.410 e. The molecule has 0 saturated carbocycles. The van der Waals surface area contributed by atoms with E-state index in [1.165, 1.54) is 0 Å². The number of carbonyl (C=O) groups excluding carboxylic acids is 1. The van der Waals surface area contributed by atoms with Gasteiger partial charge in [-0.15, -0.1) is 0 Å². The standard InChI is InChI=1S/C33H49N7O4Si/c1-23(37-25-14-18-39(19-15-25)31(41)44-32(2,3)4)30(38-34)24-20-28(27-13-17-36-40(27)21-24)43-29(26-12-10-11-16-35-26)22-42-45(8,9)33(5,6)7/h10-13,16-17,20-21,25,29H,14-15,18-19,22,34H2,1-9H3/b37-23?,38-30+. The monoisotopic (exact) mass is 635 g/mol. The molecule has 0 spiro atoms. The van der Waals surface area contributed by atoms with Crippen molar-refractivity contribution in [3.8, 4) is 5.75 Å². The van der Waals surface area contributed by atoms with Crippen molar-refractivity contribution in [1.29, 1.82) is 0 Å². The minimum Gasteiger partial charge on any atom is -0.479 e. The number of amides is 1. The van der Waals surface area contributed by atoms with Gasteiger partial charge in [-0.25, -0.2) is 9.31 Å². The maximum atomic E-state index is 12.5. The molecule has 0 aromatic carbocycles. The number of rotatable bonds is 9. The van der Waals surface area contributed by atoms with E-state index in [2.05, 4.69) is 49.0 Å². The Kier molecular flexibility index (Phi) is 10.4. The number of aromatic nitrogens is 3. The number of carbonyl (C=O) groups is 1. The molecule has 0 radical (unpaired) electrons. The van der Waals surface area contributed by atoms with Crippen LogP contribution in [0.3, 0.4) is 0 Å². The predicted molar refractivity (Wildman–Crippen MR) is 181 cm³/mol. The first kappa shape index (κ1) is 34.1.